The number of aryl methyl sites for hydroxylation is 1. The lowest BCUT2D eigenvalue weighted by molar-refractivity contribution is 0.511. The van der Waals surface area contributed by atoms with Gasteiger partial charge in [0, 0.05) is 18.5 Å². The van der Waals surface area contributed by atoms with E-state index in [1.54, 1.807) is 4.57 Å². The fraction of sp³-hybridized carbons (Fsp3) is 0.357. The molecule has 0 amide bonds. The van der Waals surface area contributed by atoms with Crippen LogP contribution in [0.2, 0.25) is 0 Å². The van der Waals surface area contributed by atoms with Crippen LogP contribution in [-0.2, 0) is 19.5 Å². The standard InChI is InChI=1S/C14H15FN4OS/c15-10-4-5-11(13(16)21)9(7-10)8-19-14(20)18-6-2-1-3-12(18)17-19/h4-5,7H,1-3,6,8H2,(H2,16,21). The van der Waals surface area contributed by atoms with Crippen molar-refractivity contribution < 1.29 is 4.39 Å². The van der Waals surface area contributed by atoms with Crippen LogP contribution in [-0.4, -0.2) is 19.3 Å². The Hall–Kier alpha value is -2.02. The second kappa shape index (κ2) is 5.40. The summed E-state index contributed by atoms with van der Waals surface area (Å²) in [6.07, 6.45) is 2.82. The molecule has 0 saturated carbocycles. The first-order valence-electron chi connectivity index (χ1n) is 6.81. The molecule has 2 heterocycles. The zero-order valence-corrected chi connectivity index (χ0v) is 12.2. The van der Waals surface area contributed by atoms with Gasteiger partial charge in [-0.25, -0.2) is 13.9 Å². The van der Waals surface area contributed by atoms with E-state index < -0.39 is 0 Å². The van der Waals surface area contributed by atoms with Crippen LogP contribution in [0, 0.1) is 5.82 Å². The number of aromatic nitrogens is 3. The number of nitrogens with zero attached hydrogens (tertiary/aromatic N) is 3. The molecule has 0 aliphatic carbocycles. The highest BCUT2D eigenvalue weighted by Crippen LogP contribution is 2.14. The first kappa shape index (κ1) is 13.9. The molecule has 5 nitrogen and oxygen atoms in total. The van der Waals surface area contributed by atoms with Gasteiger partial charge < -0.3 is 5.73 Å². The first-order valence-corrected chi connectivity index (χ1v) is 7.22. The van der Waals surface area contributed by atoms with Crippen molar-refractivity contribution in [2.45, 2.75) is 32.4 Å². The number of nitrogens with two attached hydrogens (primary N) is 1. The zero-order chi connectivity index (χ0) is 15.0. The molecule has 2 N–H and O–H groups in total. The molecule has 0 spiro atoms. The Balaban J connectivity index is 2.01. The van der Waals surface area contributed by atoms with Crippen molar-refractivity contribution in [3.8, 4) is 0 Å². The van der Waals surface area contributed by atoms with Crippen LogP contribution < -0.4 is 11.4 Å². The van der Waals surface area contributed by atoms with Crippen LogP contribution in [0.5, 0.6) is 0 Å². The number of hydrogen-bond acceptors (Lipinski definition) is 3. The molecule has 1 aliphatic heterocycles. The maximum Gasteiger partial charge on any atom is 0.346 e. The molecule has 1 aromatic carbocycles. The lowest BCUT2D eigenvalue weighted by Crippen LogP contribution is -2.28. The summed E-state index contributed by atoms with van der Waals surface area (Å²) in [5.41, 5.74) is 6.63. The summed E-state index contributed by atoms with van der Waals surface area (Å²) < 4.78 is 16.5. The molecule has 0 atom stereocenters. The van der Waals surface area contributed by atoms with Crippen molar-refractivity contribution >= 4 is 17.2 Å². The largest absolute Gasteiger partial charge is 0.389 e. The minimum absolute atomic E-state index is 0.164. The molecule has 0 fully saturated rings. The fourth-order valence-electron chi connectivity index (χ4n) is 2.65. The zero-order valence-electron chi connectivity index (χ0n) is 11.4. The molecule has 0 saturated heterocycles. The van der Waals surface area contributed by atoms with E-state index in [1.165, 1.54) is 22.9 Å². The van der Waals surface area contributed by atoms with E-state index in [-0.39, 0.29) is 23.0 Å². The molecule has 21 heavy (non-hydrogen) atoms. The van der Waals surface area contributed by atoms with Crippen molar-refractivity contribution in [3.05, 3.63) is 51.5 Å². The number of benzene rings is 1. The molecule has 0 bridgehead atoms. The van der Waals surface area contributed by atoms with Crippen LogP contribution in [0.25, 0.3) is 0 Å². The summed E-state index contributed by atoms with van der Waals surface area (Å²) in [5, 5.41) is 4.34. The van der Waals surface area contributed by atoms with E-state index in [4.69, 9.17) is 18.0 Å². The van der Waals surface area contributed by atoms with Crippen molar-refractivity contribution in [1.29, 1.82) is 0 Å². The highest BCUT2D eigenvalue weighted by molar-refractivity contribution is 7.80. The molecular weight excluding hydrogens is 291 g/mol. The summed E-state index contributed by atoms with van der Waals surface area (Å²) in [6.45, 7) is 0.864. The Kier molecular flexibility index (Phi) is 3.59. The molecule has 0 unspecified atom stereocenters. The van der Waals surface area contributed by atoms with E-state index in [1.807, 2.05) is 0 Å². The smallest absolute Gasteiger partial charge is 0.346 e. The number of hydrogen-bond donors (Lipinski definition) is 1. The molecule has 0 radical (unpaired) electrons. The number of fused-ring (bicyclic) bond motifs is 1. The third kappa shape index (κ3) is 2.61. The fourth-order valence-corrected chi connectivity index (χ4v) is 2.85. The van der Waals surface area contributed by atoms with E-state index in [9.17, 15) is 9.18 Å². The van der Waals surface area contributed by atoms with Crippen molar-refractivity contribution in [2.24, 2.45) is 5.73 Å². The van der Waals surface area contributed by atoms with Gasteiger partial charge in [0.15, 0.2) is 0 Å². The molecule has 1 aliphatic rings. The third-order valence-electron chi connectivity index (χ3n) is 3.68. The first-order chi connectivity index (χ1) is 10.1. The third-order valence-corrected chi connectivity index (χ3v) is 3.90. The lowest BCUT2D eigenvalue weighted by Gasteiger charge is -2.09. The minimum Gasteiger partial charge on any atom is -0.389 e. The minimum atomic E-state index is -0.387. The molecular formula is C14H15FN4OS. The number of thiocarbonyl (C=S) groups is 1. The van der Waals surface area contributed by atoms with Gasteiger partial charge >= 0.3 is 5.69 Å². The predicted molar refractivity (Wildman–Crippen MR) is 80.8 cm³/mol. The van der Waals surface area contributed by atoms with Crippen molar-refractivity contribution in [2.75, 3.05) is 0 Å². The van der Waals surface area contributed by atoms with Crippen LogP contribution >= 0.6 is 12.2 Å². The van der Waals surface area contributed by atoms with Crippen LogP contribution in [0.15, 0.2) is 23.0 Å². The Bertz CT molecular complexity index is 765. The van der Waals surface area contributed by atoms with Crippen molar-refractivity contribution in [3.63, 3.8) is 0 Å². The molecule has 110 valence electrons. The summed E-state index contributed by atoms with van der Waals surface area (Å²) in [6, 6.07) is 4.19. The second-order valence-electron chi connectivity index (χ2n) is 5.13. The van der Waals surface area contributed by atoms with Gasteiger partial charge in [-0.15, -0.1) is 0 Å². The Morgan fingerprint density at radius 3 is 2.95 bits per heavy atom. The monoisotopic (exact) mass is 306 g/mol. The Morgan fingerprint density at radius 1 is 1.43 bits per heavy atom. The van der Waals surface area contributed by atoms with Gasteiger partial charge in [0.2, 0.25) is 0 Å². The van der Waals surface area contributed by atoms with Gasteiger partial charge in [0.05, 0.1) is 6.54 Å². The highest BCUT2D eigenvalue weighted by atomic mass is 32.1. The number of rotatable bonds is 3. The van der Waals surface area contributed by atoms with Crippen LogP contribution in [0.1, 0.15) is 29.8 Å². The van der Waals surface area contributed by atoms with Crippen LogP contribution in [0.4, 0.5) is 4.39 Å². The summed E-state index contributed by atoms with van der Waals surface area (Å²) in [5.74, 6) is 0.404. The maximum atomic E-state index is 13.4. The predicted octanol–water partition coefficient (Wildman–Crippen LogP) is 1.20. The summed E-state index contributed by atoms with van der Waals surface area (Å²) >= 11 is 4.97. The topological polar surface area (TPSA) is 65.8 Å². The highest BCUT2D eigenvalue weighted by Gasteiger charge is 2.18. The second-order valence-corrected chi connectivity index (χ2v) is 5.57. The maximum absolute atomic E-state index is 13.4. The molecule has 3 rings (SSSR count). The summed E-state index contributed by atoms with van der Waals surface area (Å²) in [7, 11) is 0. The number of halogens is 1. The molecule has 2 aromatic rings. The summed E-state index contributed by atoms with van der Waals surface area (Å²) in [4.78, 5) is 12.5. The van der Waals surface area contributed by atoms with E-state index >= 15 is 0 Å². The Labute approximate surface area is 126 Å². The van der Waals surface area contributed by atoms with Gasteiger partial charge in [-0.3, -0.25) is 4.57 Å². The average Bonchev–Trinajstić information content (AvgIpc) is 2.76. The quantitative estimate of drug-likeness (QED) is 0.866. The lowest BCUT2D eigenvalue weighted by atomic mass is 10.1. The average molecular weight is 306 g/mol. The molecule has 1 aromatic heterocycles. The van der Waals surface area contributed by atoms with Gasteiger partial charge in [0.25, 0.3) is 0 Å². The van der Waals surface area contributed by atoms with E-state index in [2.05, 4.69) is 5.10 Å². The van der Waals surface area contributed by atoms with Gasteiger partial charge in [0.1, 0.15) is 16.6 Å². The van der Waals surface area contributed by atoms with E-state index in [0.717, 1.165) is 25.1 Å². The van der Waals surface area contributed by atoms with Gasteiger partial charge in [-0.2, -0.15) is 5.10 Å². The Morgan fingerprint density at radius 2 is 2.24 bits per heavy atom. The van der Waals surface area contributed by atoms with Crippen LogP contribution in [0.3, 0.4) is 0 Å². The normalized spacial score (nSPS) is 14.0. The molecule has 7 heteroatoms. The van der Waals surface area contributed by atoms with E-state index in [0.29, 0.717) is 17.7 Å². The SMILES string of the molecule is NC(=S)c1ccc(F)cc1Cn1nc2n(c1=O)CCCC2. The van der Waals surface area contributed by atoms with Crippen molar-refractivity contribution in [1.82, 2.24) is 14.3 Å². The van der Waals surface area contributed by atoms with Gasteiger partial charge in [-0.1, -0.05) is 12.2 Å². The van der Waals surface area contributed by atoms with Gasteiger partial charge in [-0.05, 0) is 36.6 Å².